The van der Waals surface area contributed by atoms with E-state index in [1.54, 1.807) is 0 Å². The Labute approximate surface area is 299 Å². The van der Waals surface area contributed by atoms with Gasteiger partial charge in [-0.1, -0.05) is 118 Å². The molecule has 44 heavy (non-hydrogen) atoms. The van der Waals surface area contributed by atoms with Crippen LogP contribution in [0.2, 0.25) is 0 Å². The van der Waals surface area contributed by atoms with Gasteiger partial charge in [-0.2, -0.15) is 71.3 Å². The zero-order valence-electron chi connectivity index (χ0n) is 29.6. The zero-order valence-corrected chi connectivity index (χ0v) is 33.7. The molecule has 2 aliphatic carbocycles. The Hall–Kier alpha value is -1.53. The van der Waals surface area contributed by atoms with Crippen LogP contribution in [0.25, 0.3) is 11.1 Å². The first-order valence-corrected chi connectivity index (χ1v) is 16.5. The normalized spacial score (nSPS) is 14.4. The molecular weight excluding hydrogens is 655 g/mol. The van der Waals surface area contributed by atoms with Gasteiger partial charge in [0.25, 0.3) is 0 Å². The minimum atomic E-state index is 0. The van der Waals surface area contributed by atoms with Crippen LogP contribution in [-0.4, -0.2) is 4.21 Å². The number of hydrogen-bond acceptors (Lipinski definition) is 0. The van der Waals surface area contributed by atoms with Crippen molar-refractivity contribution in [2.45, 2.75) is 100 Å². The minimum absolute atomic E-state index is 0. The number of hydrogen-bond donors (Lipinski definition) is 0. The molecule has 1 unspecified atom stereocenters. The van der Waals surface area contributed by atoms with Crippen molar-refractivity contribution in [1.29, 1.82) is 0 Å². The fourth-order valence-corrected chi connectivity index (χ4v) is 5.15. The van der Waals surface area contributed by atoms with Gasteiger partial charge in [0.2, 0.25) is 0 Å². The second-order valence-electron chi connectivity index (χ2n) is 14.3. The Balaban J connectivity index is 0. The summed E-state index contributed by atoms with van der Waals surface area (Å²) in [6.07, 6.45) is 6.74. The van der Waals surface area contributed by atoms with Crippen molar-refractivity contribution in [3.8, 4) is 11.1 Å². The maximum Gasteiger partial charge on any atom is -0.358 e. The van der Waals surface area contributed by atoms with Crippen LogP contribution in [0.1, 0.15) is 104 Å². The van der Waals surface area contributed by atoms with Crippen molar-refractivity contribution in [1.82, 2.24) is 0 Å². The quantitative estimate of drug-likeness (QED) is 0.159. The Bertz CT molecular complexity index is 1300. The van der Waals surface area contributed by atoms with Gasteiger partial charge in [0.15, 0.2) is 0 Å². The monoisotopic (exact) mass is 708 g/mol. The van der Waals surface area contributed by atoms with E-state index < -0.39 is 0 Å². The molecule has 0 bridgehead atoms. The molecule has 0 N–H and O–H groups in total. The van der Waals surface area contributed by atoms with Crippen LogP contribution in [0.5, 0.6) is 0 Å². The molecule has 0 saturated carbocycles. The summed E-state index contributed by atoms with van der Waals surface area (Å²) in [5.41, 5.74) is 13.1. The molecule has 5 rings (SSSR count). The molecule has 0 spiro atoms. The van der Waals surface area contributed by atoms with Crippen molar-refractivity contribution < 1.29 is 24.2 Å². The zero-order chi connectivity index (χ0) is 31.2. The second kappa shape index (κ2) is 18.6. The van der Waals surface area contributed by atoms with Crippen LogP contribution in [0.3, 0.4) is 0 Å². The topological polar surface area (TPSA) is 0 Å². The molecular formula is C41H56Cl2Zr-4. The van der Waals surface area contributed by atoms with Crippen molar-refractivity contribution >= 4 is 29.0 Å². The number of benzene rings is 3. The number of fused-ring (bicyclic) bond motifs is 3. The SMILES string of the molecule is CC(C)(C)c1[c-]c2c(cc1)-c1ccc(C(C)(C)C)cc1C2.CC1=[C-]C(C)C=C1C(C)(C)C.Cc1cc[c-]cc1.Cl.Cl.[CH2]=[Zr].[CH3-]. The smallest absolute Gasteiger partial charge is 0.358 e. The standard InChI is InChI=1S/C21H25.C11H17.C7H7.CH3.CH2.2ClH.Zr/c1-20(2,3)16-7-9-18-14(12-16)11-15-13-17(21(4,5)6)8-10-19(15)18;1-8-6-9(2)10(7-8)11(3,4)5;1-7-5-3-2-4-6-7;;;;;/h7-10,12H,11H2,1-6H3;7-8H,1-5H3;3-6H,1H3;1H3;1H2;2*1H;/q4*-1;;;;. The van der Waals surface area contributed by atoms with Gasteiger partial charge in [-0.3, -0.25) is 6.08 Å². The first kappa shape index (κ1) is 44.6. The number of aryl methyl sites for hydroxylation is 1. The maximum atomic E-state index is 3.67. The van der Waals surface area contributed by atoms with Gasteiger partial charge in [0.1, 0.15) is 0 Å². The Kier molecular flexibility index (Phi) is 18.8. The Morgan fingerprint density at radius 3 is 1.68 bits per heavy atom. The van der Waals surface area contributed by atoms with Crippen LogP contribution < -0.4 is 0 Å². The molecule has 0 saturated heterocycles. The maximum absolute atomic E-state index is 3.67. The van der Waals surface area contributed by atoms with Crippen LogP contribution >= 0.6 is 24.8 Å². The van der Waals surface area contributed by atoms with E-state index in [4.69, 9.17) is 0 Å². The van der Waals surface area contributed by atoms with E-state index in [1.807, 2.05) is 24.3 Å². The molecule has 0 heterocycles. The van der Waals surface area contributed by atoms with Gasteiger partial charge >= 0.3 is 28.4 Å². The fourth-order valence-electron chi connectivity index (χ4n) is 5.15. The van der Waals surface area contributed by atoms with Crippen molar-refractivity contribution in [2.24, 2.45) is 11.3 Å². The van der Waals surface area contributed by atoms with Gasteiger partial charge < -0.3 is 7.43 Å². The molecule has 0 amide bonds. The van der Waals surface area contributed by atoms with Crippen LogP contribution in [-0.2, 0) is 41.5 Å². The van der Waals surface area contributed by atoms with Gasteiger partial charge in [-0.25, -0.2) is 5.57 Å². The van der Waals surface area contributed by atoms with Gasteiger partial charge in [-0.15, -0.1) is 35.9 Å². The van der Waals surface area contributed by atoms with Crippen molar-refractivity contribution in [3.63, 3.8) is 0 Å². The van der Waals surface area contributed by atoms with Crippen LogP contribution in [0, 0.1) is 43.9 Å². The van der Waals surface area contributed by atoms with E-state index in [9.17, 15) is 0 Å². The average molecular weight is 711 g/mol. The van der Waals surface area contributed by atoms with Crippen LogP contribution in [0.4, 0.5) is 0 Å². The minimum Gasteiger partial charge on any atom is -0.358 e. The molecule has 0 nitrogen and oxygen atoms in total. The Morgan fingerprint density at radius 2 is 1.30 bits per heavy atom. The summed E-state index contributed by atoms with van der Waals surface area (Å²) in [5, 5.41) is 0. The first-order valence-electron chi connectivity index (χ1n) is 14.8. The summed E-state index contributed by atoms with van der Waals surface area (Å²) in [6.45, 7) is 26.8. The molecule has 3 aromatic carbocycles. The third-order valence-electron chi connectivity index (χ3n) is 7.42. The molecule has 0 radical (unpaired) electrons. The predicted octanol–water partition coefficient (Wildman–Crippen LogP) is 12.1. The fraction of sp³-hybridized carbons (Fsp3) is 0.415. The van der Waals surface area contributed by atoms with Gasteiger partial charge in [0.05, 0.1) is 0 Å². The Morgan fingerprint density at radius 1 is 0.750 bits per heavy atom. The van der Waals surface area contributed by atoms with Gasteiger partial charge in [-0.05, 0) is 28.4 Å². The average Bonchev–Trinajstić information content (AvgIpc) is 3.43. The second-order valence-corrected chi connectivity index (χ2v) is 14.3. The van der Waals surface area contributed by atoms with Crippen LogP contribution in [0.15, 0.2) is 71.8 Å². The summed E-state index contributed by atoms with van der Waals surface area (Å²) in [7, 11) is 0. The van der Waals surface area contributed by atoms with E-state index in [0.29, 0.717) is 11.3 Å². The molecule has 0 aromatic heterocycles. The van der Waals surface area contributed by atoms with Crippen molar-refractivity contribution in [2.75, 3.05) is 0 Å². The molecule has 0 fully saturated rings. The number of halogens is 2. The summed E-state index contributed by atoms with van der Waals surface area (Å²) in [6, 6.07) is 26.0. The number of rotatable bonds is 0. The molecule has 1 atom stereocenters. The molecule has 242 valence electrons. The molecule has 3 aromatic rings. The van der Waals surface area contributed by atoms with E-state index in [2.05, 4.69) is 142 Å². The predicted molar refractivity (Wildman–Crippen MR) is 198 cm³/mol. The van der Waals surface area contributed by atoms with E-state index in [-0.39, 0.29) is 43.1 Å². The molecule has 2 aliphatic rings. The van der Waals surface area contributed by atoms with Gasteiger partial charge in [0, 0.05) is 0 Å². The third kappa shape index (κ3) is 12.7. The van der Waals surface area contributed by atoms with Crippen molar-refractivity contribution in [3.05, 3.63) is 125 Å². The largest absolute Gasteiger partial charge is 0.358 e. The molecule has 0 aliphatic heterocycles. The summed E-state index contributed by atoms with van der Waals surface area (Å²) < 4.78 is 3.34. The van der Waals surface area contributed by atoms with E-state index in [1.165, 1.54) is 74.3 Å². The summed E-state index contributed by atoms with van der Waals surface area (Å²) in [4.78, 5) is 0. The number of allylic oxidation sites excluding steroid dienone is 4. The third-order valence-corrected chi connectivity index (χ3v) is 7.42. The summed E-state index contributed by atoms with van der Waals surface area (Å²) >= 11 is 1.30. The molecule has 3 heteroatoms. The van der Waals surface area contributed by atoms with E-state index in [0.717, 1.165) is 6.42 Å². The first-order chi connectivity index (χ1) is 19.0. The summed E-state index contributed by atoms with van der Waals surface area (Å²) in [5.74, 6) is 0.518. The van der Waals surface area contributed by atoms with E-state index >= 15 is 0 Å².